The van der Waals surface area contributed by atoms with Crippen molar-refractivity contribution in [1.82, 2.24) is 5.32 Å². The molecule has 0 amide bonds. The van der Waals surface area contributed by atoms with E-state index in [1.54, 1.807) is 0 Å². The summed E-state index contributed by atoms with van der Waals surface area (Å²) in [7, 11) is 0. The zero-order valence-corrected chi connectivity index (χ0v) is 9.01. The first-order chi connectivity index (χ1) is 6.34. The summed E-state index contributed by atoms with van der Waals surface area (Å²) >= 11 is 0. The van der Waals surface area contributed by atoms with E-state index < -0.39 is 0 Å². The largest absolute Gasteiger partial charge is 0.380 e. The van der Waals surface area contributed by atoms with Crippen LogP contribution in [0.25, 0.3) is 0 Å². The Labute approximate surface area is 82.0 Å². The molecule has 1 saturated carbocycles. The molecule has 0 aromatic heterocycles. The number of rotatable bonds is 7. The summed E-state index contributed by atoms with van der Waals surface area (Å²) < 4.78 is 5.40. The maximum atomic E-state index is 5.40. The third-order valence-corrected chi connectivity index (χ3v) is 2.92. The SMILES string of the molecule is CCCOCCNC(C)C1CCC1. The van der Waals surface area contributed by atoms with E-state index in [2.05, 4.69) is 19.2 Å². The van der Waals surface area contributed by atoms with Gasteiger partial charge in [-0.2, -0.15) is 0 Å². The predicted octanol–water partition coefficient (Wildman–Crippen LogP) is 2.19. The van der Waals surface area contributed by atoms with Crippen LogP contribution in [0.5, 0.6) is 0 Å². The van der Waals surface area contributed by atoms with E-state index in [9.17, 15) is 0 Å². The van der Waals surface area contributed by atoms with Crippen LogP contribution >= 0.6 is 0 Å². The summed E-state index contributed by atoms with van der Waals surface area (Å²) in [5.41, 5.74) is 0. The van der Waals surface area contributed by atoms with Gasteiger partial charge in [-0.15, -0.1) is 0 Å². The van der Waals surface area contributed by atoms with E-state index in [0.29, 0.717) is 6.04 Å². The van der Waals surface area contributed by atoms with Gasteiger partial charge in [0.1, 0.15) is 0 Å². The van der Waals surface area contributed by atoms with Crippen molar-refractivity contribution in [1.29, 1.82) is 0 Å². The van der Waals surface area contributed by atoms with Crippen molar-refractivity contribution in [2.75, 3.05) is 19.8 Å². The van der Waals surface area contributed by atoms with Gasteiger partial charge in [0, 0.05) is 19.2 Å². The minimum atomic E-state index is 0.693. The van der Waals surface area contributed by atoms with Gasteiger partial charge in [-0.25, -0.2) is 0 Å². The molecule has 2 heteroatoms. The van der Waals surface area contributed by atoms with Crippen LogP contribution in [0.15, 0.2) is 0 Å². The molecule has 0 spiro atoms. The number of hydrogen-bond donors (Lipinski definition) is 1. The molecule has 78 valence electrons. The third kappa shape index (κ3) is 4.10. The van der Waals surface area contributed by atoms with E-state index in [1.807, 2.05) is 0 Å². The Hall–Kier alpha value is -0.0800. The summed E-state index contributed by atoms with van der Waals surface area (Å²) in [6.45, 7) is 7.22. The fraction of sp³-hybridized carbons (Fsp3) is 1.00. The van der Waals surface area contributed by atoms with Crippen LogP contribution in [0.4, 0.5) is 0 Å². The summed E-state index contributed by atoms with van der Waals surface area (Å²) in [6, 6.07) is 0.693. The first-order valence-corrected chi connectivity index (χ1v) is 5.65. The highest BCUT2D eigenvalue weighted by molar-refractivity contribution is 4.79. The third-order valence-electron chi connectivity index (χ3n) is 2.92. The van der Waals surface area contributed by atoms with Gasteiger partial charge < -0.3 is 10.1 Å². The van der Waals surface area contributed by atoms with E-state index >= 15 is 0 Å². The highest BCUT2D eigenvalue weighted by Gasteiger charge is 2.22. The second kappa shape index (κ2) is 6.39. The molecule has 0 aromatic rings. The maximum Gasteiger partial charge on any atom is 0.0590 e. The van der Waals surface area contributed by atoms with Crippen molar-refractivity contribution in [3.63, 3.8) is 0 Å². The van der Waals surface area contributed by atoms with E-state index in [-0.39, 0.29) is 0 Å². The lowest BCUT2D eigenvalue weighted by Crippen LogP contribution is -2.38. The van der Waals surface area contributed by atoms with Crippen molar-refractivity contribution in [2.45, 2.75) is 45.6 Å². The van der Waals surface area contributed by atoms with E-state index in [4.69, 9.17) is 4.74 Å². The Balaban J connectivity index is 1.86. The first-order valence-electron chi connectivity index (χ1n) is 5.65. The van der Waals surface area contributed by atoms with Crippen LogP contribution in [0.2, 0.25) is 0 Å². The minimum absolute atomic E-state index is 0.693. The molecule has 0 radical (unpaired) electrons. The van der Waals surface area contributed by atoms with Gasteiger partial charge in [0.05, 0.1) is 6.61 Å². The van der Waals surface area contributed by atoms with Crippen LogP contribution in [0, 0.1) is 5.92 Å². The van der Waals surface area contributed by atoms with E-state index in [0.717, 1.165) is 32.1 Å². The molecule has 1 rings (SSSR count). The lowest BCUT2D eigenvalue weighted by atomic mass is 9.80. The van der Waals surface area contributed by atoms with Crippen LogP contribution in [0.3, 0.4) is 0 Å². The Bertz CT molecular complexity index is 123. The van der Waals surface area contributed by atoms with Crippen LogP contribution in [-0.2, 0) is 4.74 Å². The lowest BCUT2D eigenvalue weighted by molar-refractivity contribution is 0.129. The molecule has 0 aliphatic heterocycles. The average Bonchev–Trinajstić information content (AvgIpc) is 2.01. The zero-order valence-electron chi connectivity index (χ0n) is 9.01. The molecule has 13 heavy (non-hydrogen) atoms. The zero-order chi connectivity index (χ0) is 9.52. The van der Waals surface area contributed by atoms with Crippen molar-refractivity contribution in [2.24, 2.45) is 5.92 Å². The molecule has 1 unspecified atom stereocenters. The highest BCUT2D eigenvalue weighted by Crippen LogP contribution is 2.29. The second-order valence-electron chi connectivity index (χ2n) is 4.05. The summed E-state index contributed by atoms with van der Waals surface area (Å²) in [6.07, 6.45) is 5.40. The maximum absolute atomic E-state index is 5.40. The van der Waals surface area contributed by atoms with Gasteiger partial charge in [0.15, 0.2) is 0 Å². The Morgan fingerprint density at radius 2 is 2.15 bits per heavy atom. The average molecular weight is 185 g/mol. The number of nitrogens with one attached hydrogen (secondary N) is 1. The molecular weight excluding hydrogens is 162 g/mol. The lowest BCUT2D eigenvalue weighted by Gasteiger charge is -2.32. The number of hydrogen-bond acceptors (Lipinski definition) is 2. The molecule has 1 aliphatic rings. The Kier molecular flexibility index (Phi) is 5.40. The molecule has 1 N–H and O–H groups in total. The first kappa shape index (κ1) is 11.0. The molecule has 2 nitrogen and oxygen atoms in total. The van der Waals surface area contributed by atoms with Gasteiger partial charge in [-0.05, 0) is 32.1 Å². The minimum Gasteiger partial charge on any atom is -0.380 e. The van der Waals surface area contributed by atoms with E-state index in [1.165, 1.54) is 19.3 Å². The standard InChI is InChI=1S/C11H23NO/c1-3-8-13-9-7-12-10(2)11-5-4-6-11/h10-12H,3-9H2,1-2H3. The van der Waals surface area contributed by atoms with Crippen molar-refractivity contribution >= 4 is 0 Å². The molecule has 0 saturated heterocycles. The molecule has 0 bridgehead atoms. The molecule has 1 atom stereocenters. The molecule has 1 fully saturated rings. The van der Waals surface area contributed by atoms with Crippen molar-refractivity contribution in [3.05, 3.63) is 0 Å². The fourth-order valence-corrected chi connectivity index (χ4v) is 1.71. The second-order valence-corrected chi connectivity index (χ2v) is 4.05. The fourth-order valence-electron chi connectivity index (χ4n) is 1.71. The monoisotopic (exact) mass is 185 g/mol. The van der Waals surface area contributed by atoms with Gasteiger partial charge in [0.2, 0.25) is 0 Å². The van der Waals surface area contributed by atoms with Gasteiger partial charge in [0.25, 0.3) is 0 Å². The van der Waals surface area contributed by atoms with Gasteiger partial charge in [-0.1, -0.05) is 13.3 Å². The molecule has 1 aliphatic carbocycles. The topological polar surface area (TPSA) is 21.3 Å². The van der Waals surface area contributed by atoms with Crippen molar-refractivity contribution in [3.8, 4) is 0 Å². The van der Waals surface area contributed by atoms with Crippen LogP contribution < -0.4 is 5.32 Å². The highest BCUT2D eigenvalue weighted by atomic mass is 16.5. The Morgan fingerprint density at radius 3 is 2.69 bits per heavy atom. The summed E-state index contributed by atoms with van der Waals surface area (Å²) in [5.74, 6) is 0.936. The van der Waals surface area contributed by atoms with Gasteiger partial charge >= 0.3 is 0 Å². The normalized spacial score (nSPS) is 19.8. The van der Waals surface area contributed by atoms with Crippen LogP contribution in [-0.4, -0.2) is 25.8 Å². The van der Waals surface area contributed by atoms with Gasteiger partial charge in [-0.3, -0.25) is 0 Å². The Morgan fingerprint density at radius 1 is 1.38 bits per heavy atom. The smallest absolute Gasteiger partial charge is 0.0590 e. The number of ether oxygens (including phenoxy) is 1. The summed E-state index contributed by atoms with van der Waals surface area (Å²) in [4.78, 5) is 0. The molecular formula is C11H23NO. The summed E-state index contributed by atoms with van der Waals surface area (Å²) in [5, 5.41) is 3.52. The molecule has 0 heterocycles. The predicted molar refractivity (Wildman–Crippen MR) is 55.9 cm³/mol. The van der Waals surface area contributed by atoms with Crippen LogP contribution in [0.1, 0.15) is 39.5 Å². The quantitative estimate of drug-likeness (QED) is 0.614. The molecule has 0 aromatic carbocycles. The van der Waals surface area contributed by atoms with Crippen molar-refractivity contribution < 1.29 is 4.74 Å².